The van der Waals surface area contributed by atoms with Gasteiger partial charge in [-0.3, -0.25) is 4.79 Å². The van der Waals surface area contributed by atoms with Crippen LogP contribution in [-0.4, -0.2) is 19.0 Å². The second-order valence-corrected chi connectivity index (χ2v) is 4.12. The Bertz CT molecular complexity index is 468. The summed E-state index contributed by atoms with van der Waals surface area (Å²) in [5.74, 6) is -0.452. The highest BCUT2D eigenvalue weighted by molar-refractivity contribution is 6.04. The van der Waals surface area contributed by atoms with Gasteiger partial charge < -0.3 is 10.1 Å². The number of rotatable bonds is 3. The number of anilines is 1. The summed E-state index contributed by atoms with van der Waals surface area (Å²) < 4.78 is 4.65. The fourth-order valence-corrected chi connectivity index (χ4v) is 2.15. The number of benzene rings is 1. The monoisotopic (exact) mass is 233 g/mol. The van der Waals surface area contributed by atoms with Gasteiger partial charge in [-0.05, 0) is 24.1 Å². The van der Waals surface area contributed by atoms with E-state index in [4.69, 9.17) is 0 Å². The van der Waals surface area contributed by atoms with E-state index >= 15 is 0 Å². The minimum Gasteiger partial charge on any atom is -0.465 e. The molecule has 1 heterocycles. The van der Waals surface area contributed by atoms with E-state index < -0.39 is 0 Å². The smallest absolute Gasteiger partial charge is 0.337 e. The molecule has 1 amide bonds. The Morgan fingerprint density at radius 3 is 2.88 bits per heavy atom. The summed E-state index contributed by atoms with van der Waals surface area (Å²) in [6.07, 6.45) is 1.78. The number of esters is 1. The Balaban J connectivity index is 2.34. The van der Waals surface area contributed by atoms with Gasteiger partial charge in [-0.15, -0.1) is 0 Å². The summed E-state index contributed by atoms with van der Waals surface area (Å²) in [7, 11) is 1.34. The summed E-state index contributed by atoms with van der Waals surface area (Å²) in [5.41, 5.74) is 2.17. The number of carbonyl (C=O) groups excluding carboxylic acids is 2. The largest absolute Gasteiger partial charge is 0.465 e. The van der Waals surface area contributed by atoms with Crippen molar-refractivity contribution in [1.82, 2.24) is 0 Å². The maximum Gasteiger partial charge on any atom is 0.337 e. The van der Waals surface area contributed by atoms with Crippen LogP contribution in [0, 0.1) is 0 Å². The summed E-state index contributed by atoms with van der Waals surface area (Å²) in [6, 6.07) is 5.21. The van der Waals surface area contributed by atoms with E-state index in [9.17, 15) is 9.59 Å². The number of carbonyl (C=O) groups is 2. The zero-order chi connectivity index (χ0) is 12.4. The summed E-state index contributed by atoms with van der Waals surface area (Å²) in [5, 5.41) is 2.80. The SMILES string of the molecule is CCCC1C(=O)Nc2cc(C(=O)OC)ccc21. The zero-order valence-corrected chi connectivity index (χ0v) is 9.95. The van der Waals surface area contributed by atoms with Crippen LogP contribution in [0.4, 0.5) is 5.69 Å². The molecule has 17 heavy (non-hydrogen) atoms. The average Bonchev–Trinajstić information content (AvgIpc) is 2.64. The second kappa shape index (κ2) is 4.57. The minimum atomic E-state index is -0.388. The standard InChI is InChI=1S/C13H15NO3/c1-3-4-10-9-6-5-8(13(16)17-2)7-11(9)14-12(10)15/h5-7,10H,3-4H2,1-2H3,(H,14,15). The molecule has 1 aromatic rings. The predicted octanol–water partition coefficient (Wildman–Crippen LogP) is 2.31. The van der Waals surface area contributed by atoms with Gasteiger partial charge in [-0.1, -0.05) is 19.4 Å². The van der Waals surface area contributed by atoms with Crippen molar-refractivity contribution in [2.75, 3.05) is 12.4 Å². The highest BCUT2D eigenvalue weighted by atomic mass is 16.5. The Morgan fingerprint density at radius 1 is 1.47 bits per heavy atom. The van der Waals surface area contributed by atoms with E-state index in [1.807, 2.05) is 13.0 Å². The first-order valence-corrected chi connectivity index (χ1v) is 5.70. The molecule has 0 saturated carbocycles. The van der Waals surface area contributed by atoms with Crippen LogP contribution in [0.2, 0.25) is 0 Å². The molecule has 4 nitrogen and oxygen atoms in total. The Hall–Kier alpha value is -1.84. The molecule has 1 N–H and O–H groups in total. The van der Waals surface area contributed by atoms with Gasteiger partial charge in [0, 0.05) is 5.69 Å². The third kappa shape index (κ3) is 2.02. The van der Waals surface area contributed by atoms with E-state index in [1.165, 1.54) is 7.11 Å². The number of methoxy groups -OCH3 is 1. The fourth-order valence-electron chi connectivity index (χ4n) is 2.15. The number of hydrogen-bond donors (Lipinski definition) is 1. The molecule has 90 valence electrons. The van der Waals surface area contributed by atoms with Gasteiger partial charge >= 0.3 is 5.97 Å². The molecule has 1 unspecified atom stereocenters. The molecule has 1 atom stereocenters. The van der Waals surface area contributed by atoms with E-state index in [0.29, 0.717) is 5.56 Å². The van der Waals surface area contributed by atoms with Crippen LogP contribution in [0.3, 0.4) is 0 Å². The Kier molecular flexibility index (Phi) is 3.13. The topological polar surface area (TPSA) is 55.4 Å². The van der Waals surface area contributed by atoms with E-state index in [2.05, 4.69) is 10.1 Å². The van der Waals surface area contributed by atoms with Gasteiger partial charge in [-0.2, -0.15) is 0 Å². The molecule has 1 aliphatic rings. The van der Waals surface area contributed by atoms with E-state index in [1.54, 1.807) is 12.1 Å². The van der Waals surface area contributed by atoms with Crippen LogP contribution in [-0.2, 0) is 9.53 Å². The molecule has 0 aliphatic carbocycles. The molecule has 1 aliphatic heterocycles. The minimum absolute atomic E-state index is 0.0175. The van der Waals surface area contributed by atoms with Crippen LogP contribution in [0.15, 0.2) is 18.2 Å². The zero-order valence-electron chi connectivity index (χ0n) is 9.95. The van der Waals surface area contributed by atoms with Gasteiger partial charge in [0.25, 0.3) is 0 Å². The predicted molar refractivity (Wildman–Crippen MR) is 64.1 cm³/mol. The first kappa shape index (κ1) is 11.6. The van der Waals surface area contributed by atoms with Crippen molar-refractivity contribution in [3.63, 3.8) is 0 Å². The van der Waals surface area contributed by atoms with Gasteiger partial charge in [0.05, 0.1) is 18.6 Å². The summed E-state index contributed by atoms with van der Waals surface area (Å²) in [4.78, 5) is 23.1. The summed E-state index contributed by atoms with van der Waals surface area (Å²) in [6.45, 7) is 2.05. The van der Waals surface area contributed by atoms with Gasteiger partial charge in [0.15, 0.2) is 0 Å². The van der Waals surface area contributed by atoms with E-state index in [-0.39, 0.29) is 17.8 Å². The lowest BCUT2D eigenvalue weighted by atomic mass is 9.95. The lowest BCUT2D eigenvalue weighted by Crippen LogP contribution is -2.11. The van der Waals surface area contributed by atoms with Crippen LogP contribution in [0.1, 0.15) is 41.6 Å². The van der Waals surface area contributed by atoms with Crippen molar-refractivity contribution in [2.45, 2.75) is 25.7 Å². The molecule has 0 bridgehead atoms. The third-order valence-corrected chi connectivity index (χ3v) is 3.00. The number of amides is 1. The van der Waals surface area contributed by atoms with Crippen molar-refractivity contribution >= 4 is 17.6 Å². The highest BCUT2D eigenvalue weighted by Gasteiger charge is 2.30. The second-order valence-electron chi connectivity index (χ2n) is 4.12. The van der Waals surface area contributed by atoms with Crippen LogP contribution in [0.25, 0.3) is 0 Å². The molecular formula is C13H15NO3. The molecule has 4 heteroatoms. The first-order chi connectivity index (χ1) is 8.17. The lowest BCUT2D eigenvalue weighted by Gasteiger charge is -2.06. The van der Waals surface area contributed by atoms with Crippen molar-refractivity contribution in [1.29, 1.82) is 0 Å². The molecule has 0 fully saturated rings. The highest BCUT2D eigenvalue weighted by Crippen LogP contribution is 2.35. The fraction of sp³-hybridized carbons (Fsp3) is 0.385. The van der Waals surface area contributed by atoms with Gasteiger partial charge in [-0.25, -0.2) is 4.79 Å². The molecule has 0 spiro atoms. The van der Waals surface area contributed by atoms with E-state index in [0.717, 1.165) is 24.1 Å². The number of nitrogens with one attached hydrogen (secondary N) is 1. The molecule has 0 radical (unpaired) electrons. The maximum atomic E-state index is 11.7. The average molecular weight is 233 g/mol. The van der Waals surface area contributed by atoms with Gasteiger partial charge in [0.1, 0.15) is 0 Å². The summed E-state index contributed by atoms with van der Waals surface area (Å²) >= 11 is 0. The Morgan fingerprint density at radius 2 is 2.24 bits per heavy atom. The molecule has 0 aromatic heterocycles. The lowest BCUT2D eigenvalue weighted by molar-refractivity contribution is -0.117. The van der Waals surface area contributed by atoms with Crippen LogP contribution in [0.5, 0.6) is 0 Å². The van der Waals surface area contributed by atoms with Crippen LogP contribution < -0.4 is 5.32 Å². The normalized spacial score (nSPS) is 17.5. The van der Waals surface area contributed by atoms with Crippen LogP contribution >= 0.6 is 0 Å². The number of hydrogen-bond acceptors (Lipinski definition) is 3. The van der Waals surface area contributed by atoms with Crippen molar-refractivity contribution in [3.05, 3.63) is 29.3 Å². The number of fused-ring (bicyclic) bond motifs is 1. The quantitative estimate of drug-likeness (QED) is 0.815. The van der Waals surface area contributed by atoms with Crippen molar-refractivity contribution < 1.29 is 14.3 Å². The maximum absolute atomic E-state index is 11.7. The van der Waals surface area contributed by atoms with Crippen molar-refractivity contribution in [3.8, 4) is 0 Å². The molecule has 2 rings (SSSR count). The molecular weight excluding hydrogens is 218 g/mol. The molecule has 1 aromatic carbocycles. The molecule has 0 saturated heterocycles. The first-order valence-electron chi connectivity index (χ1n) is 5.70. The third-order valence-electron chi connectivity index (χ3n) is 3.00. The van der Waals surface area contributed by atoms with Crippen molar-refractivity contribution in [2.24, 2.45) is 0 Å². The Labute approximate surface area is 100.0 Å². The van der Waals surface area contributed by atoms with Gasteiger partial charge in [0.2, 0.25) is 5.91 Å². The number of ether oxygens (including phenoxy) is 1.